The molecule has 0 aliphatic heterocycles. The first-order valence-electron chi connectivity index (χ1n) is 5.93. The summed E-state index contributed by atoms with van der Waals surface area (Å²) in [6.07, 6.45) is 0. The lowest BCUT2D eigenvalue weighted by Gasteiger charge is -2.17. The molecule has 2 aromatic carbocycles. The number of hydrogen-bond acceptors (Lipinski definition) is 2. The molecule has 1 N–H and O–H groups in total. The van der Waals surface area contributed by atoms with Crippen LogP contribution in [0.5, 0.6) is 0 Å². The highest BCUT2D eigenvalue weighted by atomic mass is 19.2. The van der Waals surface area contributed by atoms with Crippen molar-refractivity contribution >= 4 is 5.69 Å². The number of anilines is 1. The highest BCUT2D eigenvalue weighted by Gasteiger charge is 2.16. The van der Waals surface area contributed by atoms with Gasteiger partial charge < -0.3 is 5.32 Å². The number of nitrogens with zero attached hydrogens (tertiary/aromatic N) is 1. The summed E-state index contributed by atoms with van der Waals surface area (Å²) in [6, 6.07) is 9.09. The van der Waals surface area contributed by atoms with Gasteiger partial charge in [0.25, 0.3) is 0 Å². The molecule has 0 saturated heterocycles. The Labute approximate surface area is 114 Å². The molecular formula is C15H11F3N2. The van der Waals surface area contributed by atoms with Crippen LogP contribution in [-0.2, 0) is 0 Å². The smallest absolute Gasteiger partial charge is 0.164 e. The fraction of sp³-hybridized carbons (Fsp3) is 0.133. The Morgan fingerprint density at radius 1 is 1.05 bits per heavy atom. The Kier molecular flexibility index (Phi) is 3.94. The van der Waals surface area contributed by atoms with Gasteiger partial charge in [-0.2, -0.15) is 5.26 Å². The van der Waals surface area contributed by atoms with Crippen molar-refractivity contribution in [3.8, 4) is 6.07 Å². The maximum absolute atomic E-state index is 13.7. The lowest BCUT2D eigenvalue weighted by Crippen LogP contribution is -2.11. The highest BCUT2D eigenvalue weighted by Crippen LogP contribution is 2.26. The van der Waals surface area contributed by atoms with E-state index < -0.39 is 23.5 Å². The first kappa shape index (κ1) is 13.9. The van der Waals surface area contributed by atoms with Crippen LogP contribution in [-0.4, -0.2) is 0 Å². The van der Waals surface area contributed by atoms with E-state index in [2.05, 4.69) is 5.32 Å². The third kappa shape index (κ3) is 2.59. The van der Waals surface area contributed by atoms with E-state index in [0.29, 0.717) is 0 Å². The number of benzene rings is 2. The molecule has 0 saturated carbocycles. The summed E-state index contributed by atoms with van der Waals surface area (Å²) in [5.41, 5.74) is 0.193. The Balaban J connectivity index is 2.33. The van der Waals surface area contributed by atoms with Gasteiger partial charge in [0.2, 0.25) is 0 Å². The molecule has 2 nitrogen and oxygen atoms in total. The van der Waals surface area contributed by atoms with Crippen molar-refractivity contribution in [1.82, 2.24) is 0 Å². The molecular weight excluding hydrogens is 265 g/mol. The summed E-state index contributed by atoms with van der Waals surface area (Å²) in [5, 5.41) is 11.7. The molecule has 0 fully saturated rings. The third-order valence-corrected chi connectivity index (χ3v) is 2.95. The lowest BCUT2D eigenvalue weighted by molar-refractivity contribution is 0.494. The van der Waals surface area contributed by atoms with Crippen molar-refractivity contribution in [2.24, 2.45) is 0 Å². The number of halogens is 3. The molecule has 0 bridgehead atoms. The Hall–Kier alpha value is -2.48. The number of hydrogen-bond donors (Lipinski definition) is 1. The van der Waals surface area contributed by atoms with Gasteiger partial charge in [0.15, 0.2) is 11.6 Å². The predicted molar refractivity (Wildman–Crippen MR) is 69.5 cm³/mol. The third-order valence-electron chi connectivity index (χ3n) is 2.95. The maximum atomic E-state index is 13.7. The van der Waals surface area contributed by atoms with E-state index in [0.717, 1.165) is 12.1 Å². The van der Waals surface area contributed by atoms with Crippen LogP contribution in [0.2, 0.25) is 0 Å². The second-order valence-electron chi connectivity index (χ2n) is 4.28. The normalized spacial score (nSPS) is 11.8. The summed E-state index contributed by atoms with van der Waals surface area (Å²) in [5.74, 6) is -2.57. The fourth-order valence-electron chi connectivity index (χ4n) is 1.92. The standard InChI is InChI=1S/C15H11F3N2/c1-9(10-4-2-6-13(17)15(10)18)20-14-7-3-5-12(16)11(14)8-19/h2-7,9,20H,1H3. The van der Waals surface area contributed by atoms with Gasteiger partial charge in [0.1, 0.15) is 17.4 Å². The predicted octanol–water partition coefficient (Wildman–Crippen LogP) is 4.15. The Bertz CT molecular complexity index is 677. The van der Waals surface area contributed by atoms with Crippen LogP contribution in [0.4, 0.5) is 18.9 Å². The van der Waals surface area contributed by atoms with E-state index in [9.17, 15) is 13.2 Å². The van der Waals surface area contributed by atoms with Gasteiger partial charge >= 0.3 is 0 Å². The fourth-order valence-corrected chi connectivity index (χ4v) is 1.92. The summed E-state index contributed by atoms with van der Waals surface area (Å²) in [4.78, 5) is 0. The van der Waals surface area contributed by atoms with Crippen molar-refractivity contribution in [3.05, 3.63) is 65.0 Å². The van der Waals surface area contributed by atoms with Gasteiger partial charge in [-0.25, -0.2) is 13.2 Å². The van der Waals surface area contributed by atoms with Gasteiger partial charge in [-0.1, -0.05) is 18.2 Å². The maximum Gasteiger partial charge on any atom is 0.164 e. The largest absolute Gasteiger partial charge is 0.377 e. The molecule has 0 heterocycles. The zero-order valence-electron chi connectivity index (χ0n) is 10.6. The minimum Gasteiger partial charge on any atom is -0.377 e. The summed E-state index contributed by atoms with van der Waals surface area (Å²) in [7, 11) is 0. The topological polar surface area (TPSA) is 35.8 Å². The lowest BCUT2D eigenvalue weighted by atomic mass is 10.1. The van der Waals surface area contributed by atoms with Crippen molar-refractivity contribution in [3.63, 3.8) is 0 Å². The second-order valence-corrected chi connectivity index (χ2v) is 4.28. The van der Waals surface area contributed by atoms with Crippen LogP contribution < -0.4 is 5.32 Å². The molecule has 0 amide bonds. The first-order chi connectivity index (χ1) is 9.54. The first-order valence-corrected chi connectivity index (χ1v) is 5.93. The summed E-state index contributed by atoms with van der Waals surface area (Å²) >= 11 is 0. The van der Waals surface area contributed by atoms with Crippen LogP contribution >= 0.6 is 0 Å². The average molecular weight is 276 g/mol. The molecule has 1 atom stereocenters. The molecule has 2 aromatic rings. The molecule has 0 aromatic heterocycles. The zero-order chi connectivity index (χ0) is 14.7. The number of rotatable bonds is 3. The van der Waals surface area contributed by atoms with Crippen LogP contribution in [0, 0.1) is 28.8 Å². The van der Waals surface area contributed by atoms with Gasteiger partial charge in [-0.05, 0) is 25.1 Å². The molecule has 0 aliphatic rings. The monoisotopic (exact) mass is 276 g/mol. The molecule has 0 spiro atoms. The van der Waals surface area contributed by atoms with E-state index in [-0.39, 0.29) is 16.8 Å². The molecule has 1 unspecified atom stereocenters. The SMILES string of the molecule is CC(Nc1cccc(F)c1C#N)c1cccc(F)c1F. The molecule has 0 aliphatic carbocycles. The molecule has 102 valence electrons. The summed E-state index contributed by atoms with van der Waals surface area (Å²) in [6.45, 7) is 1.60. The van der Waals surface area contributed by atoms with Crippen LogP contribution in [0.25, 0.3) is 0 Å². The van der Waals surface area contributed by atoms with E-state index in [1.807, 2.05) is 0 Å². The number of nitrogens with one attached hydrogen (secondary N) is 1. The quantitative estimate of drug-likeness (QED) is 0.914. The van der Waals surface area contributed by atoms with E-state index in [1.54, 1.807) is 13.0 Å². The van der Waals surface area contributed by atoms with Gasteiger partial charge in [-0.3, -0.25) is 0 Å². The minimum absolute atomic E-state index is 0.109. The van der Waals surface area contributed by atoms with Gasteiger partial charge in [0.05, 0.1) is 11.7 Å². The van der Waals surface area contributed by atoms with E-state index in [4.69, 9.17) is 5.26 Å². The number of nitriles is 1. The summed E-state index contributed by atoms with van der Waals surface area (Å²) < 4.78 is 40.3. The minimum atomic E-state index is -0.956. The van der Waals surface area contributed by atoms with Crippen molar-refractivity contribution in [2.75, 3.05) is 5.32 Å². The zero-order valence-corrected chi connectivity index (χ0v) is 10.6. The van der Waals surface area contributed by atoms with E-state index in [1.165, 1.54) is 24.3 Å². The van der Waals surface area contributed by atoms with E-state index >= 15 is 0 Å². The molecule has 2 rings (SSSR count). The van der Waals surface area contributed by atoms with Crippen molar-refractivity contribution in [2.45, 2.75) is 13.0 Å². The van der Waals surface area contributed by atoms with Crippen molar-refractivity contribution in [1.29, 1.82) is 5.26 Å². The highest BCUT2D eigenvalue weighted by molar-refractivity contribution is 5.58. The second kappa shape index (κ2) is 5.66. The Morgan fingerprint density at radius 2 is 1.70 bits per heavy atom. The Morgan fingerprint density at radius 3 is 2.40 bits per heavy atom. The van der Waals surface area contributed by atoms with Crippen LogP contribution in [0.1, 0.15) is 24.1 Å². The van der Waals surface area contributed by atoms with Gasteiger partial charge in [0, 0.05) is 5.56 Å². The van der Waals surface area contributed by atoms with Gasteiger partial charge in [-0.15, -0.1) is 0 Å². The molecule has 0 radical (unpaired) electrons. The van der Waals surface area contributed by atoms with Crippen LogP contribution in [0.3, 0.4) is 0 Å². The van der Waals surface area contributed by atoms with Crippen LogP contribution in [0.15, 0.2) is 36.4 Å². The average Bonchev–Trinajstić information content (AvgIpc) is 2.42. The van der Waals surface area contributed by atoms with Crippen molar-refractivity contribution < 1.29 is 13.2 Å². The molecule has 20 heavy (non-hydrogen) atoms. The molecule has 5 heteroatoms.